The van der Waals surface area contributed by atoms with Crippen LogP contribution in [-0.2, 0) is 32.0 Å². The van der Waals surface area contributed by atoms with Gasteiger partial charge in [0.1, 0.15) is 5.75 Å². The van der Waals surface area contributed by atoms with E-state index in [9.17, 15) is 18.3 Å². The SMILES string of the molecule is CCS(=O)(=O)N1CC2(CN(C(=O)CN3CCOCC3)[C@@H](CO)c3c2c2ccc(OC)cc2n3C)C1. The molecular weight excluding hydrogens is 472 g/mol. The molecule has 2 fully saturated rings. The van der Waals surface area contributed by atoms with Crippen LogP contribution in [0.2, 0.25) is 0 Å². The molecule has 0 saturated carbocycles. The molecule has 11 heteroatoms. The first kappa shape index (κ1) is 24.5. The van der Waals surface area contributed by atoms with Crippen LogP contribution in [0.15, 0.2) is 18.2 Å². The molecule has 0 bridgehead atoms. The number of aryl methyl sites for hydroxylation is 1. The summed E-state index contributed by atoms with van der Waals surface area (Å²) in [6, 6.07) is 5.35. The van der Waals surface area contributed by atoms with Crippen molar-refractivity contribution in [3.63, 3.8) is 0 Å². The number of methoxy groups -OCH3 is 1. The van der Waals surface area contributed by atoms with Gasteiger partial charge in [-0.25, -0.2) is 8.42 Å². The fraction of sp³-hybridized carbons (Fsp3) is 0.625. The average Bonchev–Trinajstić information content (AvgIpc) is 3.14. The van der Waals surface area contributed by atoms with Crippen molar-refractivity contribution in [3.05, 3.63) is 29.5 Å². The number of morpholine rings is 1. The van der Waals surface area contributed by atoms with Crippen LogP contribution in [0.3, 0.4) is 0 Å². The quantitative estimate of drug-likeness (QED) is 0.601. The highest BCUT2D eigenvalue weighted by Crippen LogP contribution is 2.50. The smallest absolute Gasteiger partial charge is 0.237 e. The molecule has 192 valence electrons. The first-order valence-electron chi connectivity index (χ1n) is 12.1. The van der Waals surface area contributed by atoms with Gasteiger partial charge < -0.3 is 24.0 Å². The van der Waals surface area contributed by atoms with Gasteiger partial charge in [-0.1, -0.05) is 0 Å². The van der Waals surface area contributed by atoms with Crippen molar-refractivity contribution in [1.29, 1.82) is 0 Å². The second-order valence-electron chi connectivity index (χ2n) is 9.76. The molecule has 35 heavy (non-hydrogen) atoms. The lowest BCUT2D eigenvalue weighted by molar-refractivity contribution is -0.140. The van der Waals surface area contributed by atoms with Crippen LogP contribution in [0, 0.1) is 0 Å². The molecule has 1 aromatic heterocycles. The van der Waals surface area contributed by atoms with Crippen molar-refractivity contribution in [1.82, 2.24) is 18.7 Å². The zero-order valence-corrected chi connectivity index (χ0v) is 21.4. The van der Waals surface area contributed by atoms with E-state index in [1.165, 1.54) is 4.31 Å². The zero-order chi connectivity index (χ0) is 25.0. The first-order chi connectivity index (χ1) is 16.7. The molecule has 0 unspecified atom stereocenters. The molecular formula is C24H34N4O6S. The number of amides is 1. The van der Waals surface area contributed by atoms with Gasteiger partial charge in [0, 0.05) is 62.3 Å². The van der Waals surface area contributed by atoms with Gasteiger partial charge in [-0.3, -0.25) is 9.69 Å². The second-order valence-corrected chi connectivity index (χ2v) is 12.0. The summed E-state index contributed by atoms with van der Waals surface area (Å²) in [7, 11) is 0.211. The molecule has 0 aliphatic carbocycles. The summed E-state index contributed by atoms with van der Waals surface area (Å²) < 4.78 is 39.7. The summed E-state index contributed by atoms with van der Waals surface area (Å²) in [6.07, 6.45) is 0. The van der Waals surface area contributed by atoms with Gasteiger partial charge in [0.15, 0.2) is 0 Å². The molecule has 3 aliphatic rings. The van der Waals surface area contributed by atoms with Crippen molar-refractivity contribution in [2.75, 3.05) is 72.0 Å². The van der Waals surface area contributed by atoms with Gasteiger partial charge in [0.05, 0.1) is 50.8 Å². The number of aromatic nitrogens is 1. The van der Waals surface area contributed by atoms with E-state index in [0.717, 1.165) is 22.2 Å². The third kappa shape index (κ3) is 3.93. The topological polar surface area (TPSA) is 105 Å². The fourth-order valence-corrected chi connectivity index (χ4v) is 7.18. The minimum absolute atomic E-state index is 0.0433. The number of aliphatic hydroxyl groups excluding tert-OH is 1. The largest absolute Gasteiger partial charge is 0.497 e. The summed E-state index contributed by atoms with van der Waals surface area (Å²) in [5.74, 6) is 0.700. The monoisotopic (exact) mass is 506 g/mol. The van der Waals surface area contributed by atoms with E-state index in [1.807, 2.05) is 29.8 Å². The number of carbonyl (C=O) groups excluding carboxylic acids is 1. The maximum absolute atomic E-state index is 13.6. The molecule has 5 rings (SSSR count). The van der Waals surface area contributed by atoms with E-state index >= 15 is 0 Å². The van der Waals surface area contributed by atoms with Gasteiger partial charge >= 0.3 is 0 Å². The molecule has 1 N–H and O–H groups in total. The van der Waals surface area contributed by atoms with Crippen molar-refractivity contribution >= 4 is 26.8 Å². The third-order valence-corrected chi connectivity index (χ3v) is 9.59. The van der Waals surface area contributed by atoms with Crippen molar-refractivity contribution in [2.45, 2.75) is 18.4 Å². The summed E-state index contributed by atoms with van der Waals surface area (Å²) in [5.41, 5.74) is 2.31. The van der Waals surface area contributed by atoms with E-state index in [-0.39, 0.29) is 24.8 Å². The fourth-order valence-electron chi connectivity index (χ4n) is 5.93. The summed E-state index contributed by atoms with van der Waals surface area (Å²) in [6.45, 7) is 5.27. The molecule has 2 aromatic rings. The van der Waals surface area contributed by atoms with Crippen LogP contribution in [0.1, 0.15) is 24.2 Å². The van der Waals surface area contributed by atoms with Gasteiger partial charge in [-0.2, -0.15) is 4.31 Å². The number of hydrogen-bond acceptors (Lipinski definition) is 7. The van der Waals surface area contributed by atoms with Gasteiger partial charge in [-0.15, -0.1) is 0 Å². The Hall–Kier alpha value is -2.18. The van der Waals surface area contributed by atoms with E-state index in [1.54, 1.807) is 18.9 Å². The van der Waals surface area contributed by atoms with Crippen LogP contribution < -0.4 is 4.74 Å². The zero-order valence-electron chi connectivity index (χ0n) is 20.6. The predicted molar refractivity (Wildman–Crippen MR) is 131 cm³/mol. The Balaban J connectivity index is 1.60. The number of aliphatic hydroxyl groups is 1. The molecule has 0 radical (unpaired) electrons. The minimum atomic E-state index is -3.34. The van der Waals surface area contributed by atoms with E-state index < -0.39 is 21.5 Å². The van der Waals surface area contributed by atoms with Crippen LogP contribution in [0.5, 0.6) is 5.75 Å². The van der Waals surface area contributed by atoms with Crippen molar-refractivity contribution in [2.24, 2.45) is 7.05 Å². The summed E-state index contributed by atoms with van der Waals surface area (Å²) >= 11 is 0. The molecule has 1 atom stereocenters. The van der Waals surface area contributed by atoms with E-state index in [4.69, 9.17) is 9.47 Å². The van der Waals surface area contributed by atoms with Crippen molar-refractivity contribution < 1.29 is 27.8 Å². The van der Waals surface area contributed by atoms with Crippen LogP contribution in [0.4, 0.5) is 0 Å². The van der Waals surface area contributed by atoms with Gasteiger partial charge in [0.2, 0.25) is 15.9 Å². The second kappa shape index (κ2) is 9.04. The lowest BCUT2D eigenvalue weighted by Crippen LogP contribution is -2.68. The number of rotatable bonds is 6. The molecule has 1 aromatic carbocycles. The number of sulfonamides is 1. The highest BCUT2D eigenvalue weighted by atomic mass is 32.2. The third-order valence-electron chi connectivity index (χ3n) is 7.82. The number of benzene rings is 1. The molecule has 1 spiro atoms. The molecule has 1 amide bonds. The first-order valence-corrected chi connectivity index (χ1v) is 13.7. The number of nitrogens with zero attached hydrogens (tertiary/aromatic N) is 4. The summed E-state index contributed by atoms with van der Waals surface area (Å²) in [5, 5.41) is 11.5. The maximum atomic E-state index is 13.6. The lowest BCUT2D eigenvalue weighted by atomic mass is 9.70. The Bertz CT molecular complexity index is 1230. The molecule has 4 heterocycles. The Labute approximate surface area is 206 Å². The van der Waals surface area contributed by atoms with Crippen molar-refractivity contribution in [3.8, 4) is 5.75 Å². The maximum Gasteiger partial charge on any atom is 0.237 e. The Kier molecular flexibility index (Phi) is 6.33. The van der Waals surface area contributed by atoms with E-state index in [0.29, 0.717) is 51.7 Å². The van der Waals surface area contributed by atoms with Crippen LogP contribution in [-0.4, -0.2) is 110 Å². The molecule has 3 aliphatic heterocycles. The Morgan fingerprint density at radius 3 is 2.57 bits per heavy atom. The number of carbonyl (C=O) groups is 1. The van der Waals surface area contributed by atoms with Crippen LogP contribution in [0.25, 0.3) is 10.9 Å². The Morgan fingerprint density at radius 2 is 1.94 bits per heavy atom. The van der Waals surface area contributed by atoms with E-state index in [2.05, 4.69) is 4.90 Å². The highest BCUT2D eigenvalue weighted by Gasteiger charge is 2.56. The van der Waals surface area contributed by atoms with Crippen LogP contribution >= 0.6 is 0 Å². The normalized spacial score (nSPS) is 22.9. The minimum Gasteiger partial charge on any atom is -0.497 e. The van der Waals surface area contributed by atoms with Gasteiger partial charge in [-0.05, 0) is 24.6 Å². The standard InChI is InChI=1S/C24H34N4O6S/c1-4-35(31,32)27-14-24(15-27)16-28(21(30)12-26-7-9-34-10-8-26)20(13-29)23-22(24)18-6-5-17(33-3)11-19(18)25(23)2/h5-6,11,20,29H,4,7-10,12-16H2,1-3H3/t20-/m0/s1. The molecule has 10 nitrogen and oxygen atoms in total. The lowest BCUT2D eigenvalue weighted by Gasteiger charge is -2.55. The Morgan fingerprint density at radius 1 is 1.23 bits per heavy atom. The number of hydrogen-bond donors (Lipinski definition) is 1. The predicted octanol–water partition coefficient (Wildman–Crippen LogP) is 0.298. The highest BCUT2D eigenvalue weighted by molar-refractivity contribution is 7.89. The number of ether oxygens (including phenoxy) is 2. The summed E-state index contributed by atoms with van der Waals surface area (Å²) in [4.78, 5) is 17.4. The average molecular weight is 507 g/mol. The number of fused-ring (bicyclic) bond motifs is 4. The molecule has 2 saturated heterocycles. The van der Waals surface area contributed by atoms with Gasteiger partial charge in [0.25, 0.3) is 0 Å².